The number of aliphatic hydroxyl groups is 2. The molecule has 134 valence electrons. The van der Waals surface area contributed by atoms with E-state index in [0.717, 1.165) is 18.2 Å². The van der Waals surface area contributed by atoms with Crippen LogP contribution in [0.5, 0.6) is 0 Å². The number of nitrogens with one attached hydrogen (secondary N) is 2. The van der Waals surface area contributed by atoms with Crippen LogP contribution in [0.4, 0.5) is 8.78 Å². The number of aliphatic hydroxyl groups excluding tert-OH is 2. The molecule has 0 aromatic heterocycles. The van der Waals surface area contributed by atoms with Gasteiger partial charge in [-0.25, -0.2) is 8.78 Å². The summed E-state index contributed by atoms with van der Waals surface area (Å²) in [5.74, 6) is -3.47. The number of halogens is 2. The van der Waals surface area contributed by atoms with Crippen molar-refractivity contribution in [3.05, 3.63) is 35.4 Å². The maximum absolute atomic E-state index is 13.1. The second kappa shape index (κ2) is 8.16. The summed E-state index contributed by atoms with van der Waals surface area (Å²) >= 11 is 0. The summed E-state index contributed by atoms with van der Waals surface area (Å²) in [5, 5.41) is 23.9. The first-order valence-corrected chi connectivity index (χ1v) is 7.41. The molecule has 0 aliphatic carbocycles. The number of carbonyl (C=O) groups excluding carboxylic acids is 2. The van der Waals surface area contributed by atoms with Crippen LogP contribution < -0.4 is 10.6 Å². The van der Waals surface area contributed by atoms with Gasteiger partial charge in [-0.15, -0.1) is 0 Å². The second-order valence-corrected chi connectivity index (χ2v) is 6.30. The zero-order valence-electron chi connectivity index (χ0n) is 13.8. The normalized spacial score (nSPS) is 14.0. The quantitative estimate of drug-likeness (QED) is 0.581. The first kappa shape index (κ1) is 20.0. The van der Waals surface area contributed by atoms with E-state index in [1.807, 2.05) is 0 Å². The lowest BCUT2D eigenvalue weighted by Gasteiger charge is -2.27. The molecular formula is C16H22F2N2O4. The Balaban J connectivity index is 2.54. The molecular weight excluding hydrogens is 322 g/mol. The van der Waals surface area contributed by atoms with E-state index in [4.69, 9.17) is 5.11 Å². The third-order valence-corrected chi connectivity index (χ3v) is 3.54. The molecule has 8 heteroatoms. The molecule has 2 atom stereocenters. The van der Waals surface area contributed by atoms with Gasteiger partial charge in [-0.05, 0) is 25.1 Å². The zero-order valence-corrected chi connectivity index (χ0v) is 13.8. The fourth-order valence-electron chi connectivity index (χ4n) is 1.79. The fraction of sp³-hybridized carbons (Fsp3) is 0.500. The van der Waals surface area contributed by atoms with E-state index < -0.39 is 41.0 Å². The number of hydrogen-bond donors (Lipinski definition) is 4. The number of amides is 2. The first-order valence-electron chi connectivity index (χ1n) is 7.41. The van der Waals surface area contributed by atoms with E-state index in [-0.39, 0.29) is 18.7 Å². The molecule has 0 heterocycles. The first-order chi connectivity index (χ1) is 11.1. The number of benzene rings is 1. The highest BCUT2D eigenvalue weighted by molar-refractivity contribution is 5.94. The van der Waals surface area contributed by atoms with Crippen molar-refractivity contribution in [3.63, 3.8) is 0 Å². The SMILES string of the molecule is CC(CNC(=O)C(O)C(C)(C)CO)NC(=O)c1ccc(F)c(F)c1. The van der Waals surface area contributed by atoms with Gasteiger partial charge in [-0.1, -0.05) is 13.8 Å². The molecule has 0 radical (unpaired) electrons. The Hall–Kier alpha value is -2.06. The van der Waals surface area contributed by atoms with Crippen LogP contribution in [0.25, 0.3) is 0 Å². The van der Waals surface area contributed by atoms with Crippen LogP contribution in [0.1, 0.15) is 31.1 Å². The van der Waals surface area contributed by atoms with Crippen LogP contribution in [0.2, 0.25) is 0 Å². The predicted molar refractivity (Wildman–Crippen MR) is 83.2 cm³/mol. The summed E-state index contributed by atoms with van der Waals surface area (Å²) in [7, 11) is 0. The minimum atomic E-state index is -1.41. The van der Waals surface area contributed by atoms with Gasteiger partial charge in [0.25, 0.3) is 5.91 Å². The van der Waals surface area contributed by atoms with Crippen molar-refractivity contribution >= 4 is 11.8 Å². The fourth-order valence-corrected chi connectivity index (χ4v) is 1.79. The molecule has 6 nitrogen and oxygen atoms in total. The Kier molecular flexibility index (Phi) is 6.80. The topological polar surface area (TPSA) is 98.7 Å². The minimum Gasteiger partial charge on any atom is -0.396 e. The van der Waals surface area contributed by atoms with E-state index in [0.29, 0.717) is 0 Å². The smallest absolute Gasteiger partial charge is 0.251 e. The van der Waals surface area contributed by atoms with Crippen molar-refractivity contribution in [2.24, 2.45) is 5.41 Å². The molecule has 2 unspecified atom stereocenters. The molecule has 24 heavy (non-hydrogen) atoms. The minimum absolute atomic E-state index is 0.0207. The molecule has 0 saturated heterocycles. The Morgan fingerprint density at radius 2 is 1.88 bits per heavy atom. The summed E-state index contributed by atoms with van der Waals surface area (Å²) < 4.78 is 25.9. The summed E-state index contributed by atoms with van der Waals surface area (Å²) in [4.78, 5) is 23.7. The van der Waals surface area contributed by atoms with Gasteiger partial charge in [-0.3, -0.25) is 9.59 Å². The largest absolute Gasteiger partial charge is 0.396 e. The Morgan fingerprint density at radius 3 is 2.42 bits per heavy atom. The zero-order chi connectivity index (χ0) is 18.5. The molecule has 1 rings (SSSR count). The highest BCUT2D eigenvalue weighted by atomic mass is 19.2. The second-order valence-electron chi connectivity index (χ2n) is 6.30. The summed E-state index contributed by atoms with van der Waals surface area (Å²) in [6, 6.07) is 2.26. The van der Waals surface area contributed by atoms with Gasteiger partial charge in [0.15, 0.2) is 11.6 Å². The molecule has 0 fully saturated rings. The Labute approximate surface area is 138 Å². The molecule has 2 amide bonds. The Morgan fingerprint density at radius 1 is 1.25 bits per heavy atom. The molecule has 0 bridgehead atoms. The molecule has 1 aromatic carbocycles. The van der Waals surface area contributed by atoms with Crippen LogP contribution in [0, 0.1) is 17.0 Å². The van der Waals surface area contributed by atoms with Gasteiger partial charge in [0, 0.05) is 23.6 Å². The maximum Gasteiger partial charge on any atom is 0.251 e. The van der Waals surface area contributed by atoms with E-state index in [1.165, 1.54) is 13.8 Å². The molecule has 4 N–H and O–H groups in total. The lowest BCUT2D eigenvalue weighted by molar-refractivity contribution is -0.137. The molecule has 0 aliphatic rings. The lowest BCUT2D eigenvalue weighted by Crippen LogP contribution is -2.49. The molecule has 0 spiro atoms. The highest BCUT2D eigenvalue weighted by Crippen LogP contribution is 2.19. The number of rotatable bonds is 7. The number of carbonyl (C=O) groups is 2. The van der Waals surface area contributed by atoms with Crippen LogP contribution in [-0.2, 0) is 4.79 Å². The van der Waals surface area contributed by atoms with Crippen molar-refractivity contribution in [1.82, 2.24) is 10.6 Å². The third-order valence-electron chi connectivity index (χ3n) is 3.54. The van der Waals surface area contributed by atoms with E-state index in [1.54, 1.807) is 6.92 Å². The predicted octanol–water partition coefficient (Wildman–Crippen LogP) is 0.579. The summed E-state index contributed by atoms with van der Waals surface area (Å²) in [6.07, 6.45) is -1.41. The van der Waals surface area contributed by atoms with Gasteiger partial charge in [-0.2, -0.15) is 0 Å². The van der Waals surface area contributed by atoms with E-state index in [9.17, 15) is 23.5 Å². The molecule has 1 aromatic rings. The van der Waals surface area contributed by atoms with Crippen LogP contribution in [0.15, 0.2) is 18.2 Å². The Bertz CT molecular complexity index is 608. The van der Waals surface area contributed by atoms with Crippen LogP contribution in [-0.4, -0.2) is 47.3 Å². The van der Waals surface area contributed by atoms with Crippen LogP contribution >= 0.6 is 0 Å². The maximum atomic E-state index is 13.1. The van der Waals surface area contributed by atoms with Crippen LogP contribution in [0.3, 0.4) is 0 Å². The lowest BCUT2D eigenvalue weighted by atomic mass is 9.87. The van der Waals surface area contributed by atoms with Gasteiger partial charge < -0.3 is 20.8 Å². The summed E-state index contributed by atoms with van der Waals surface area (Å²) in [5.41, 5.74) is -1.05. The van der Waals surface area contributed by atoms with Crippen molar-refractivity contribution in [3.8, 4) is 0 Å². The van der Waals surface area contributed by atoms with E-state index in [2.05, 4.69) is 10.6 Å². The standard InChI is InChI=1S/C16H22F2N2O4/c1-9(7-19-15(24)13(22)16(2,3)8-21)20-14(23)10-4-5-11(17)12(18)6-10/h4-6,9,13,21-22H,7-8H2,1-3H3,(H,19,24)(H,20,23). The average molecular weight is 344 g/mol. The van der Waals surface area contributed by atoms with Crippen molar-refractivity contribution in [1.29, 1.82) is 0 Å². The van der Waals surface area contributed by atoms with Crippen molar-refractivity contribution in [2.75, 3.05) is 13.2 Å². The van der Waals surface area contributed by atoms with Crippen molar-refractivity contribution < 1.29 is 28.6 Å². The average Bonchev–Trinajstić information content (AvgIpc) is 2.54. The van der Waals surface area contributed by atoms with Gasteiger partial charge in [0.1, 0.15) is 6.10 Å². The molecule has 0 aliphatic heterocycles. The number of hydrogen-bond acceptors (Lipinski definition) is 4. The highest BCUT2D eigenvalue weighted by Gasteiger charge is 2.32. The van der Waals surface area contributed by atoms with Gasteiger partial charge in [0.05, 0.1) is 6.61 Å². The van der Waals surface area contributed by atoms with Gasteiger partial charge >= 0.3 is 0 Å². The van der Waals surface area contributed by atoms with Crippen molar-refractivity contribution in [2.45, 2.75) is 32.9 Å². The van der Waals surface area contributed by atoms with Gasteiger partial charge in [0.2, 0.25) is 5.91 Å². The van der Waals surface area contributed by atoms with E-state index >= 15 is 0 Å². The third kappa shape index (κ3) is 5.24. The summed E-state index contributed by atoms with van der Waals surface area (Å²) in [6.45, 7) is 4.31. The molecule has 0 saturated carbocycles. The monoisotopic (exact) mass is 344 g/mol.